The molecule has 0 aliphatic carbocycles. The van der Waals surface area contributed by atoms with Crippen molar-refractivity contribution in [3.8, 4) is 34.1 Å². The van der Waals surface area contributed by atoms with Crippen LogP contribution >= 0.6 is 0 Å². The summed E-state index contributed by atoms with van der Waals surface area (Å²) in [4.78, 5) is 29.3. The first-order valence-electron chi connectivity index (χ1n) is 12.7. The maximum absolute atomic E-state index is 12.1. The maximum atomic E-state index is 12.1. The molecule has 0 spiro atoms. The standard InChI is InChI=1S/C29H28N6O3/c1-30-22-9-6-20(7-10-22)27-26(21-8-11-23-24(15-21)37-18-25(36)34(23)3)28-31-12-14-35(28)29(32-27)38-17-19-5-4-13-33(2)16-19/h6-12,14-15,19H,4-5,13,16-18H2,2-3H3/t19-/m1/s1. The quantitative estimate of drug-likeness (QED) is 0.364. The van der Waals surface area contributed by atoms with Gasteiger partial charge in [0.15, 0.2) is 17.9 Å². The van der Waals surface area contributed by atoms with E-state index < -0.39 is 0 Å². The molecule has 1 saturated heterocycles. The minimum atomic E-state index is -0.0891. The van der Waals surface area contributed by atoms with Crippen molar-refractivity contribution < 1.29 is 14.3 Å². The Bertz CT molecular complexity index is 1560. The van der Waals surface area contributed by atoms with E-state index >= 15 is 0 Å². The van der Waals surface area contributed by atoms with Crippen LogP contribution in [0.3, 0.4) is 0 Å². The minimum Gasteiger partial charge on any atom is -0.482 e. The summed E-state index contributed by atoms with van der Waals surface area (Å²) in [5.41, 5.74) is 5.23. The highest BCUT2D eigenvalue weighted by Crippen LogP contribution is 2.41. The lowest BCUT2D eigenvalue weighted by molar-refractivity contribution is -0.120. The van der Waals surface area contributed by atoms with Gasteiger partial charge in [0.1, 0.15) is 5.75 Å². The molecule has 2 aliphatic heterocycles. The van der Waals surface area contributed by atoms with Crippen LogP contribution in [0.4, 0.5) is 11.4 Å². The van der Waals surface area contributed by atoms with Gasteiger partial charge < -0.3 is 19.3 Å². The average Bonchev–Trinajstić information content (AvgIpc) is 3.43. The van der Waals surface area contributed by atoms with Crippen LogP contribution < -0.4 is 14.4 Å². The summed E-state index contributed by atoms with van der Waals surface area (Å²) in [7, 11) is 3.90. The lowest BCUT2D eigenvalue weighted by Gasteiger charge is -2.29. The molecule has 0 bridgehead atoms. The minimum absolute atomic E-state index is 0.00192. The molecule has 4 heterocycles. The van der Waals surface area contributed by atoms with Crippen molar-refractivity contribution in [2.24, 2.45) is 5.92 Å². The Balaban J connectivity index is 1.47. The lowest BCUT2D eigenvalue weighted by atomic mass is 9.98. The number of likely N-dealkylation sites (N-methyl/N-ethyl adjacent to an activating group) is 1. The first kappa shape index (κ1) is 23.9. The number of hydrogen-bond donors (Lipinski definition) is 0. The molecule has 9 nitrogen and oxygen atoms in total. The van der Waals surface area contributed by atoms with Gasteiger partial charge in [0, 0.05) is 31.9 Å². The molecule has 2 aromatic carbocycles. The van der Waals surface area contributed by atoms with Crippen LogP contribution in [-0.2, 0) is 4.79 Å². The Morgan fingerprint density at radius 3 is 2.76 bits per heavy atom. The molecule has 6 rings (SSSR count). The molecule has 1 fully saturated rings. The number of carbonyl (C=O) groups is 1. The zero-order valence-corrected chi connectivity index (χ0v) is 21.4. The largest absolute Gasteiger partial charge is 0.482 e. The van der Waals surface area contributed by atoms with Gasteiger partial charge in [-0.15, -0.1) is 0 Å². The van der Waals surface area contributed by atoms with Gasteiger partial charge in [0.05, 0.1) is 30.1 Å². The van der Waals surface area contributed by atoms with E-state index in [0.717, 1.165) is 48.3 Å². The number of fused-ring (bicyclic) bond motifs is 2. The van der Waals surface area contributed by atoms with Gasteiger partial charge in [-0.25, -0.2) is 9.83 Å². The first-order chi connectivity index (χ1) is 18.5. The Hall–Kier alpha value is -4.42. The molecule has 9 heteroatoms. The normalized spacial score (nSPS) is 17.7. The highest BCUT2D eigenvalue weighted by molar-refractivity contribution is 5.99. The number of amides is 1. The molecule has 0 radical (unpaired) electrons. The van der Waals surface area contributed by atoms with Crippen molar-refractivity contribution in [1.29, 1.82) is 0 Å². The lowest BCUT2D eigenvalue weighted by Crippen LogP contribution is -2.35. The number of imidazole rings is 1. The van der Waals surface area contributed by atoms with Crippen LogP contribution in [0.2, 0.25) is 0 Å². The van der Waals surface area contributed by atoms with E-state index in [0.29, 0.717) is 41.3 Å². The molecule has 2 aliphatic rings. The molecule has 0 N–H and O–H groups in total. The third-order valence-corrected chi connectivity index (χ3v) is 7.29. The number of anilines is 1. The number of carbonyl (C=O) groups excluding carboxylic acids is 1. The third kappa shape index (κ3) is 4.33. The van der Waals surface area contributed by atoms with Gasteiger partial charge >= 0.3 is 6.01 Å². The zero-order valence-electron chi connectivity index (χ0n) is 21.4. The van der Waals surface area contributed by atoms with E-state index in [2.05, 4.69) is 16.8 Å². The molecule has 0 unspecified atom stereocenters. The monoisotopic (exact) mass is 508 g/mol. The van der Waals surface area contributed by atoms with Crippen molar-refractivity contribution in [3.05, 3.63) is 66.3 Å². The number of likely N-dealkylation sites (tertiary alicyclic amines) is 1. The number of nitrogens with zero attached hydrogens (tertiary/aromatic N) is 6. The summed E-state index contributed by atoms with van der Waals surface area (Å²) in [6.07, 6.45) is 5.90. The molecule has 1 atom stereocenters. The van der Waals surface area contributed by atoms with Gasteiger partial charge in [-0.3, -0.25) is 9.20 Å². The van der Waals surface area contributed by atoms with Crippen LogP contribution in [-0.4, -0.2) is 65.6 Å². The number of hydrogen-bond acceptors (Lipinski definition) is 6. The fraction of sp³-hybridized carbons (Fsp3) is 0.310. The number of rotatable bonds is 5. The SMILES string of the molecule is [C-]#[N+]c1ccc(-c2nc(OC[C@@H]3CCCN(C)C3)n3ccnc3c2-c2ccc3c(c2)OCC(=O)N3C)cc1. The van der Waals surface area contributed by atoms with Gasteiger partial charge in [-0.1, -0.05) is 30.3 Å². The summed E-state index contributed by atoms with van der Waals surface area (Å²) in [6.45, 7) is 10.0. The molecule has 4 aromatic rings. The highest BCUT2D eigenvalue weighted by atomic mass is 16.5. The van der Waals surface area contributed by atoms with Crippen LogP contribution in [0.15, 0.2) is 54.9 Å². The van der Waals surface area contributed by atoms with Gasteiger partial charge in [0.2, 0.25) is 0 Å². The fourth-order valence-electron chi connectivity index (χ4n) is 5.26. The van der Waals surface area contributed by atoms with E-state index in [1.54, 1.807) is 30.3 Å². The van der Waals surface area contributed by atoms with Crippen LogP contribution in [0, 0.1) is 12.5 Å². The first-order valence-corrected chi connectivity index (χ1v) is 12.7. The molecule has 0 saturated carbocycles. The van der Waals surface area contributed by atoms with Crippen LogP contribution in [0.25, 0.3) is 32.9 Å². The second-order valence-corrected chi connectivity index (χ2v) is 9.90. The number of aromatic nitrogens is 3. The zero-order chi connectivity index (χ0) is 26.2. The van der Waals surface area contributed by atoms with Crippen molar-refractivity contribution in [2.45, 2.75) is 12.8 Å². The Morgan fingerprint density at radius 1 is 1.16 bits per heavy atom. The van der Waals surface area contributed by atoms with Crippen molar-refractivity contribution >= 4 is 22.9 Å². The van der Waals surface area contributed by atoms with Crippen molar-refractivity contribution in [3.63, 3.8) is 0 Å². The predicted molar refractivity (Wildman–Crippen MR) is 145 cm³/mol. The molecule has 1 amide bonds. The van der Waals surface area contributed by atoms with Crippen molar-refractivity contribution in [2.75, 3.05) is 45.3 Å². The van der Waals surface area contributed by atoms with Crippen LogP contribution in [0.1, 0.15) is 12.8 Å². The number of ether oxygens (including phenoxy) is 2. The number of piperidine rings is 1. The Morgan fingerprint density at radius 2 is 1.97 bits per heavy atom. The fourth-order valence-corrected chi connectivity index (χ4v) is 5.26. The molecule has 2 aromatic heterocycles. The summed E-state index contributed by atoms with van der Waals surface area (Å²) in [5, 5.41) is 0. The Labute approximate surface area is 221 Å². The summed E-state index contributed by atoms with van der Waals surface area (Å²) in [5.74, 6) is 0.979. The second-order valence-electron chi connectivity index (χ2n) is 9.90. The topological polar surface area (TPSA) is 76.6 Å². The average molecular weight is 509 g/mol. The summed E-state index contributed by atoms with van der Waals surface area (Å²) in [6, 6.07) is 13.6. The maximum Gasteiger partial charge on any atom is 0.302 e. The highest BCUT2D eigenvalue weighted by Gasteiger charge is 2.26. The van der Waals surface area contributed by atoms with E-state index in [1.807, 2.05) is 40.9 Å². The molecular weight excluding hydrogens is 480 g/mol. The number of benzene rings is 2. The van der Waals surface area contributed by atoms with E-state index in [1.165, 1.54) is 0 Å². The smallest absolute Gasteiger partial charge is 0.302 e. The summed E-state index contributed by atoms with van der Waals surface area (Å²) < 4.78 is 14.0. The van der Waals surface area contributed by atoms with Gasteiger partial charge in [-0.2, -0.15) is 4.98 Å². The van der Waals surface area contributed by atoms with Crippen molar-refractivity contribution in [1.82, 2.24) is 19.3 Å². The predicted octanol–water partition coefficient (Wildman–Crippen LogP) is 4.69. The van der Waals surface area contributed by atoms with Crippen LogP contribution in [0.5, 0.6) is 11.8 Å². The van der Waals surface area contributed by atoms with Gasteiger partial charge in [0.25, 0.3) is 5.91 Å². The molecule has 192 valence electrons. The van der Waals surface area contributed by atoms with E-state index in [-0.39, 0.29) is 12.5 Å². The Kier molecular flexibility index (Phi) is 6.18. The second kappa shape index (κ2) is 9.80. The summed E-state index contributed by atoms with van der Waals surface area (Å²) >= 11 is 0. The molecule has 38 heavy (non-hydrogen) atoms. The van der Waals surface area contributed by atoms with Gasteiger partial charge in [-0.05, 0) is 49.7 Å². The van der Waals surface area contributed by atoms with E-state index in [4.69, 9.17) is 26.0 Å². The molecular formula is C29H28N6O3. The van der Waals surface area contributed by atoms with E-state index in [9.17, 15) is 4.79 Å². The third-order valence-electron chi connectivity index (χ3n) is 7.29.